The lowest BCUT2D eigenvalue weighted by atomic mass is 9.89. The van der Waals surface area contributed by atoms with Gasteiger partial charge in [0.2, 0.25) is 11.8 Å². The van der Waals surface area contributed by atoms with E-state index in [1.54, 1.807) is 6.92 Å². The van der Waals surface area contributed by atoms with Gasteiger partial charge < -0.3 is 15.3 Å². The Labute approximate surface area is 129 Å². The first-order chi connectivity index (χ1) is 10.4. The summed E-state index contributed by atoms with van der Waals surface area (Å²) in [5, 5.41) is 12.0. The number of carbonyl (C=O) groups excluding carboxylic acids is 2. The molecule has 1 aliphatic heterocycles. The molecule has 1 aliphatic rings. The molecule has 6 heteroatoms. The van der Waals surface area contributed by atoms with Gasteiger partial charge in [-0.15, -0.1) is 0 Å². The summed E-state index contributed by atoms with van der Waals surface area (Å²) in [6.07, 6.45) is 0. The van der Waals surface area contributed by atoms with Crippen molar-refractivity contribution in [1.82, 2.24) is 10.2 Å². The molecule has 1 unspecified atom stereocenters. The molecule has 2 rings (SSSR count). The molecule has 2 N–H and O–H groups in total. The Morgan fingerprint density at radius 1 is 1.23 bits per heavy atom. The van der Waals surface area contributed by atoms with E-state index in [0.29, 0.717) is 6.54 Å². The van der Waals surface area contributed by atoms with Crippen molar-refractivity contribution in [3.63, 3.8) is 0 Å². The number of rotatable bonds is 4. The monoisotopic (exact) mass is 304 g/mol. The van der Waals surface area contributed by atoms with Gasteiger partial charge in [-0.3, -0.25) is 14.4 Å². The highest BCUT2D eigenvalue weighted by atomic mass is 16.4. The minimum absolute atomic E-state index is 0.164. The Balaban J connectivity index is 2.15. The van der Waals surface area contributed by atoms with Crippen molar-refractivity contribution >= 4 is 17.8 Å². The second-order valence-corrected chi connectivity index (χ2v) is 5.63. The average molecular weight is 304 g/mol. The van der Waals surface area contributed by atoms with E-state index in [2.05, 4.69) is 5.32 Å². The average Bonchev–Trinajstić information content (AvgIpc) is 2.92. The Morgan fingerprint density at radius 3 is 2.41 bits per heavy atom. The normalized spacial score (nSPS) is 22.2. The van der Waals surface area contributed by atoms with Gasteiger partial charge in [-0.25, -0.2) is 0 Å². The van der Waals surface area contributed by atoms with Crippen LogP contribution in [0.5, 0.6) is 0 Å². The number of carboxylic acids is 1. The SMILES string of the molecule is CC(=O)NC(C)C(=O)N1C[C@H](C(=O)O)[C@H](c2ccccc2)C1. The van der Waals surface area contributed by atoms with E-state index in [-0.39, 0.29) is 24.3 Å². The number of hydrogen-bond donors (Lipinski definition) is 2. The van der Waals surface area contributed by atoms with Crippen molar-refractivity contribution in [2.75, 3.05) is 13.1 Å². The molecule has 22 heavy (non-hydrogen) atoms. The molecule has 1 aromatic carbocycles. The van der Waals surface area contributed by atoms with Crippen LogP contribution in [0, 0.1) is 5.92 Å². The van der Waals surface area contributed by atoms with Crippen LogP contribution in [-0.2, 0) is 14.4 Å². The van der Waals surface area contributed by atoms with Crippen molar-refractivity contribution in [3.05, 3.63) is 35.9 Å². The van der Waals surface area contributed by atoms with Gasteiger partial charge in [-0.05, 0) is 12.5 Å². The summed E-state index contributed by atoms with van der Waals surface area (Å²) >= 11 is 0. The molecule has 0 saturated carbocycles. The number of amides is 2. The minimum Gasteiger partial charge on any atom is -0.481 e. The van der Waals surface area contributed by atoms with Gasteiger partial charge in [-0.2, -0.15) is 0 Å². The zero-order valence-corrected chi connectivity index (χ0v) is 12.7. The fourth-order valence-electron chi connectivity index (χ4n) is 2.91. The molecule has 0 aliphatic carbocycles. The van der Waals surface area contributed by atoms with Gasteiger partial charge in [-0.1, -0.05) is 30.3 Å². The summed E-state index contributed by atoms with van der Waals surface area (Å²) in [5.74, 6) is -2.30. The second-order valence-electron chi connectivity index (χ2n) is 5.63. The van der Waals surface area contributed by atoms with Gasteiger partial charge in [0.05, 0.1) is 5.92 Å². The van der Waals surface area contributed by atoms with Crippen LogP contribution in [0.25, 0.3) is 0 Å². The molecule has 0 spiro atoms. The second kappa shape index (κ2) is 6.60. The number of aliphatic carboxylic acids is 1. The highest BCUT2D eigenvalue weighted by Gasteiger charge is 2.41. The minimum atomic E-state index is -0.906. The van der Waals surface area contributed by atoms with E-state index in [9.17, 15) is 19.5 Å². The lowest BCUT2D eigenvalue weighted by molar-refractivity contribution is -0.142. The number of carbonyl (C=O) groups is 3. The first-order valence-corrected chi connectivity index (χ1v) is 7.23. The standard InChI is InChI=1S/C16H20N2O4/c1-10(17-11(2)19)15(20)18-8-13(14(9-18)16(21)22)12-6-4-3-5-7-12/h3-7,10,13-14H,8-9H2,1-2H3,(H,17,19)(H,21,22)/t10?,13-,14-/m0/s1. The topological polar surface area (TPSA) is 86.7 Å². The van der Waals surface area contributed by atoms with Crippen molar-refractivity contribution in [2.24, 2.45) is 5.92 Å². The summed E-state index contributed by atoms with van der Waals surface area (Å²) in [6, 6.07) is 8.70. The predicted octanol–water partition coefficient (Wildman–Crippen LogP) is 0.838. The number of hydrogen-bond acceptors (Lipinski definition) is 3. The molecule has 0 bridgehead atoms. The van der Waals surface area contributed by atoms with E-state index in [0.717, 1.165) is 5.56 Å². The van der Waals surface area contributed by atoms with Crippen molar-refractivity contribution in [3.8, 4) is 0 Å². The van der Waals surface area contributed by atoms with E-state index in [1.165, 1.54) is 11.8 Å². The number of nitrogens with zero attached hydrogens (tertiary/aromatic N) is 1. The molecular weight excluding hydrogens is 284 g/mol. The van der Waals surface area contributed by atoms with Gasteiger partial charge in [0.15, 0.2) is 0 Å². The molecular formula is C16H20N2O4. The summed E-state index contributed by atoms with van der Waals surface area (Å²) in [5.41, 5.74) is 0.914. The van der Waals surface area contributed by atoms with Crippen molar-refractivity contribution in [1.29, 1.82) is 0 Å². The quantitative estimate of drug-likeness (QED) is 0.863. The number of benzene rings is 1. The first kappa shape index (κ1) is 16.0. The number of carboxylic acid groups (broad SMARTS) is 1. The van der Waals surface area contributed by atoms with Crippen LogP contribution in [0.15, 0.2) is 30.3 Å². The lowest BCUT2D eigenvalue weighted by Crippen LogP contribution is -2.45. The summed E-state index contributed by atoms with van der Waals surface area (Å²) in [7, 11) is 0. The van der Waals surface area contributed by atoms with E-state index in [1.807, 2.05) is 30.3 Å². The zero-order valence-electron chi connectivity index (χ0n) is 12.7. The van der Waals surface area contributed by atoms with Crippen LogP contribution >= 0.6 is 0 Å². The van der Waals surface area contributed by atoms with E-state index >= 15 is 0 Å². The summed E-state index contributed by atoms with van der Waals surface area (Å²) < 4.78 is 0. The van der Waals surface area contributed by atoms with Crippen LogP contribution in [0.2, 0.25) is 0 Å². The van der Waals surface area contributed by atoms with Crippen LogP contribution < -0.4 is 5.32 Å². The Hall–Kier alpha value is -2.37. The van der Waals surface area contributed by atoms with Gasteiger partial charge in [0.25, 0.3) is 0 Å². The smallest absolute Gasteiger partial charge is 0.308 e. The highest BCUT2D eigenvalue weighted by Crippen LogP contribution is 2.33. The van der Waals surface area contributed by atoms with Gasteiger partial charge in [0.1, 0.15) is 6.04 Å². The maximum absolute atomic E-state index is 12.3. The molecule has 1 fully saturated rings. The molecule has 1 saturated heterocycles. The van der Waals surface area contributed by atoms with Crippen LogP contribution in [0.3, 0.4) is 0 Å². The number of likely N-dealkylation sites (tertiary alicyclic amines) is 1. The summed E-state index contributed by atoms with van der Waals surface area (Å²) in [6.45, 7) is 3.47. The van der Waals surface area contributed by atoms with Gasteiger partial charge >= 0.3 is 5.97 Å². The third-order valence-corrected chi connectivity index (χ3v) is 3.97. The van der Waals surface area contributed by atoms with E-state index in [4.69, 9.17) is 0 Å². The maximum Gasteiger partial charge on any atom is 0.308 e. The molecule has 1 heterocycles. The largest absolute Gasteiger partial charge is 0.481 e. The third-order valence-electron chi connectivity index (χ3n) is 3.97. The van der Waals surface area contributed by atoms with Crippen LogP contribution in [0.4, 0.5) is 0 Å². The predicted molar refractivity (Wildman–Crippen MR) is 80.2 cm³/mol. The molecule has 3 atom stereocenters. The zero-order chi connectivity index (χ0) is 16.3. The molecule has 0 aromatic heterocycles. The van der Waals surface area contributed by atoms with Crippen molar-refractivity contribution in [2.45, 2.75) is 25.8 Å². The fraction of sp³-hybridized carbons (Fsp3) is 0.438. The Morgan fingerprint density at radius 2 is 1.86 bits per heavy atom. The highest BCUT2D eigenvalue weighted by molar-refractivity contribution is 5.87. The van der Waals surface area contributed by atoms with E-state index < -0.39 is 17.9 Å². The fourth-order valence-corrected chi connectivity index (χ4v) is 2.91. The lowest BCUT2D eigenvalue weighted by Gasteiger charge is -2.21. The molecule has 0 radical (unpaired) electrons. The first-order valence-electron chi connectivity index (χ1n) is 7.23. The molecule has 1 aromatic rings. The Bertz CT molecular complexity index is 573. The molecule has 2 amide bonds. The molecule has 118 valence electrons. The maximum atomic E-state index is 12.3. The van der Waals surface area contributed by atoms with Crippen LogP contribution in [0.1, 0.15) is 25.3 Å². The number of nitrogens with one attached hydrogen (secondary N) is 1. The summed E-state index contributed by atoms with van der Waals surface area (Å²) in [4.78, 5) is 36.4. The van der Waals surface area contributed by atoms with Gasteiger partial charge in [0, 0.05) is 25.9 Å². The third kappa shape index (κ3) is 3.44. The van der Waals surface area contributed by atoms with Crippen LogP contribution in [-0.4, -0.2) is 46.9 Å². The Kier molecular flexibility index (Phi) is 4.80. The molecule has 6 nitrogen and oxygen atoms in total. The van der Waals surface area contributed by atoms with Crippen molar-refractivity contribution < 1.29 is 19.5 Å².